The summed E-state index contributed by atoms with van der Waals surface area (Å²) in [4.78, 5) is 23.6. The highest BCUT2D eigenvalue weighted by Crippen LogP contribution is 2.08. The quantitative estimate of drug-likeness (QED) is 0.888. The van der Waals surface area contributed by atoms with Crippen molar-refractivity contribution in [2.24, 2.45) is 0 Å². The highest BCUT2D eigenvalue weighted by molar-refractivity contribution is 5.94. The topological polar surface area (TPSA) is 82.0 Å². The number of aryl methyl sites for hydroxylation is 1. The molecular formula is C18H17N3O2. The molecule has 116 valence electrons. The van der Waals surface area contributed by atoms with Gasteiger partial charge in [-0.05, 0) is 36.8 Å². The Morgan fingerprint density at radius 3 is 2.26 bits per heavy atom. The number of hydrogen-bond donors (Lipinski definition) is 2. The molecule has 2 aromatic rings. The molecule has 0 aliphatic carbocycles. The predicted octanol–water partition coefficient (Wildman–Crippen LogP) is 2.16. The van der Waals surface area contributed by atoms with E-state index in [4.69, 9.17) is 5.26 Å². The SMILES string of the molecule is Cc1ccc(CC(=O)NCC(=O)Nc2ccc(C#N)cc2)cc1. The van der Waals surface area contributed by atoms with Crippen LogP contribution in [0.4, 0.5) is 5.69 Å². The van der Waals surface area contributed by atoms with Crippen LogP contribution in [0.25, 0.3) is 0 Å². The Morgan fingerprint density at radius 2 is 1.65 bits per heavy atom. The fraction of sp³-hybridized carbons (Fsp3) is 0.167. The maximum absolute atomic E-state index is 11.8. The van der Waals surface area contributed by atoms with Gasteiger partial charge in [0.05, 0.1) is 24.6 Å². The molecule has 0 atom stereocenters. The normalized spacial score (nSPS) is 9.74. The number of anilines is 1. The zero-order chi connectivity index (χ0) is 16.7. The van der Waals surface area contributed by atoms with Crippen molar-refractivity contribution in [2.75, 3.05) is 11.9 Å². The van der Waals surface area contributed by atoms with Crippen molar-refractivity contribution in [1.82, 2.24) is 5.32 Å². The fourth-order valence-corrected chi connectivity index (χ4v) is 1.97. The van der Waals surface area contributed by atoms with Crippen LogP contribution in [0.3, 0.4) is 0 Å². The second kappa shape index (κ2) is 7.76. The second-order valence-corrected chi connectivity index (χ2v) is 5.18. The lowest BCUT2D eigenvalue weighted by Crippen LogP contribution is -2.33. The van der Waals surface area contributed by atoms with Crippen LogP contribution in [0.1, 0.15) is 16.7 Å². The summed E-state index contributed by atoms with van der Waals surface area (Å²) in [5.74, 6) is -0.518. The molecule has 0 bridgehead atoms. The molecule has 23 heavy (non-hydrogen) atoms. The predicted molar refractivity (Wildman–Crippen MR) is 87.7 cm³/mol. The summed E-state index contributed by atoms with van der Waals surface area (Å²) in [6, 6.07) is 16.2. The molecule has 2 N–H and O–H groups in total. The highest BCUT2D eigenvalue weighted by Gasteiger charge is 2.07. The maximum atomic E-state index is 11.8. The van der Waals surface area contributed by atoms with Gasteiger partial charge >= 0.3 is 0 Å². The van der Waals surface area contributed by atoms with E-state index in [1.165, 1.54) is 0 Å². The molecule has 0 heterocycles. The minimum atomic E-state index is -0.313. The van der Waals surface area contributed by atoms with Crippen LogP contribution in [0.5, 0.6) is 0 Å². The lowest BCUT2D eigenvalue weighted by Gasteiger charge is -2.07. The summed E-state index contributed by atoms with van der Waals surface area (Å²) >= 11 is 0. The van der Waals surface area contributed by atoms with Gasteiger partial charge in [0.25, 0.3) is 0 Å². The average Bonchev–Trinajstić information content (AvgIpc) is 2.56. The van der Waals surface area contributed by atoms with Crippen molar-refractivity contribution in [1.29, 1.82) is 5.26 Å². The zero-order valence-corrected chi connectivity index (χ0v) is 12.8. The van der Waals surface area contributed by atoms with E-state index in [9.17, 15) is 9.59 Å². The van der Waals surface area contributed by atoms with Crippen molar-refractivity contribution >= 4 is 17.5 Å². The molecule has 2 rings (SSSR count). The van der Waals surface area contributed by atoms with Crippen molar-refractivity contribution in [3.63, 3.8) is 0 Å². The van der Waals surface area contributed by atoms with E-state index in [0.717, 1.165) is 11.1 Å². The number of nitrogens with one attached hydrogen (secondary N) is 2. The maximum Gasteiger partial charge on any atom is 0.243 e. The molecule has 0 fully saturated rings. The molecule has 2 amide bonds. The van der Waals surface area contributed by atoms with E-state index in [2.05, 4.69) is 10.6 Å². The van der Waals surface area contributed by atoms with E-state index in [1.54, 1.807) is 24.3 Å². The third-order valence-electron chi connectivity index (χ3n) is 3.23. The Bertz CT molecular complexity index is 728. The first-order chi connectivity index (χ1) is 11.1. The van der Waals surface area contributed by atoms with E-state index in [1.807, 2.05) is 37.3 Å². The number of nitriles is 1. The molecule has 5 heteroatoms. The molecule has 0 radical (unpaired) electrons. The number of carbonyl (C=O) groups is 2. The Balaban J connectivity index is 1.78. The van der Waals surface area contributed by atoms with Crippen LogP contribution in [0.2, 0.25) is 0 Å². The average molecular weight is 307 g/mol. The minimum Gasteiger partial charge on any atom is -0.347 e. The van der Waals surface area contributed by atoms with Crippen LogP contribution < -0.4 is 10.6 Å². The summed E-state index contributed by atoms with van der Waals surface area (Å²) in [6.45, 7) is 1.89. The number of hydrogen-bond acceptors (Lipinski definition) is 3. The largest absolute Gasteiger partial charge is 0.347 e. The Labute approximate surface area is 134 Å². The molecule has 0 spiro atoms. The standard InChI is InChI=1S/C18H17N3O2/c1-13-2-4-14(5-3-13)10-17(22)20-12-18(23)21-16-8-6-15(11-19)7-9-16/h2-9H,10,12H2,1H3,(H,20,22)(H,21,23). The number of rotatable bonds is 5. The van der Waals surface area contributed by atoms with Gasteiger partial charge in [0, 0.05) is 5.69 Å². The van der Waals surface area contributed by atoms with Crippen LogP contribution in [0.15, 0.2) is 48.5 Å². The lowest BCUT2D eigenvalue weighted by molar-refractivity contribution is -0.123. The molecule has 0 saturated heterocycles. The molecule has 0 saturated carbocycles. The van der Waals surface area contributed by atoms with Crippen molar-refractivity contribution in [3.8, 4) is 6.07 Å². The van der Waals surface area contributed by atoms with Gasteiger partial charge in [-0.1, -0.05) is 29.8 Å². The van der Waals surface area contributed by atoms with Crippen LogP contribution in [-0.4, -0.2) is 18.4 Å². The van der Waals surface area contributed by atoms with Gasteiger partial charge in [-0.25, -0.2) is 0 Å². The van der Waals surface area contributed by atoms with Gasteiger partial charge in [-0.3, -0.25) is 9.59 Å². The molecule has 0 aliphatic rings. The Morgan fingerprint density at radius 1 is 1.00 bits per heavy atom. The summed E-state index contributed by atoms with van der Waals surface area (Å²) in [5.41, 5.74) is 3.15. The van der Waals surface area contributed by atoms with Crippen LogP contribution >= 0.6 is 0 Å². The van der Waals surface area contributed by atoms with Gasteiger partial charge in [0.15, 0.2) is 0 Å². The van der Waals surface area contributed by atoms with Gasteiger partial charge in [-0.15, -0.1) is 0 Å². The Hall–Kier alpha value is -3.13. The first kappa shape index (κ1) is 16.2. The smallest absolute Gasteiger partial charge is 0.243 e. The molecule has 0 aliphatic heterocycles. The van der Waals surface area contributed by atoms with Gasteiger partial charge < -0.3 is 10.6 Å². The van der Waals surface area contributed by atoms with Gasteiger partial charge in [-0.2, -0.15) is 5.26 Å². The van der Waals surface area contributed by atoms with Crippen molar-refractivity contribution < 1.29 is 9.59 Å². The van der Waals surface area contributed by atoms with E-state index >= 15 is 0 Å². The molecule has 2 aromatic carbocycles. The van der Waals surface area contributed by atoms with Crippen LogP contribution in [-0.2, 0) is 16.0 Å². The van der Waals surface area contributed by atoms with E-state index in [0.29, 0.717) is 11.3 Å². The molecule has 0 unspecified atom stereocenters. The number of carbonyl (C=O) groups excluding carboxylic acids is 2. The minimum absolute atomic E-state index is 0.0926. The van der Waals surface area contributed by atoms with Crippen molar-refractivity contribution in [2.45, 2.75) is 13.3 Å². The summed E-state index contributed by atoms with van der Waals surface area (Å²) in [5, 5.41) is 13.9. The summed E-state index contributed by atoms with van der Waals surface area (Å²) in [7, 11) is 0. The van der Waals surface area contributed by atoms with Gasteiger partial charge in [0.1, 0.15) is 0 Å². The van der Waals surface area contributed by atoms with Crippen LogP contribution in [0, 0.1) is 18.3 Å². The number of amides is 2. The zero-order valence-electron chi connectivity index (χ0n) is 12.8. The summed E-state index contributed by atoms with van der Waals surface area (Å²) < 4.78 is 0. The Kier molecular flexibility index (Phi) is 5.48. The first-order valence-electron chi connectivity index (χ1n) is 7.19. The fourth-order valence-electron chi connectivity index (χ4n) is 1.97. The molecule has 5 nitrogen and oxygen atoms in total. The second-order valence-electron chi connectivity index (χ2n) is 5.18. The van der Waals surface area contributed by atoms with E-state index in [-0.39, 0.29) is 24.8 Å². The molecule has 0 aromatic heterocycles. The summed E-state index contributed by atoms with van der Waals surface area (Å²) in [6.07, 6.45) is 0.241. The number of nitrogens with zero attached hydrogens (tertiary/aromatic N) is 1. The monoisotopic (exact) mass is 307 g/mol. The van der Waals surface area contributed by atoms with E-state index < -0.39 is 0 Å². The third kappa shape index (κ3) is 5.29. The number of benzene rings is 2. The lowest BCUT2D eigenvalue weighted by atomic mass is 10.1. The molecular weight excluding hydrogens is 290 g/mol. The highest BCUT2D eigenvalue weighted by atomic mass is 16.2. The van der Waals surface area contributed by atoms with Gasteiger partial charge in [0.2, 0.25) is 11.8 Å². The van der Waals surface area contributed by atoms with Crippen molar-refractivity contribution in [3.05, 3.63) is 65.2 Å². The first-order valence-corrected chi connectivity index (χ1v) is 7.19. The third-order valence-corrected chi connectivity index (χ3v) is 3.23.